The number of hydrogen-bond acceptors (Lipinski definition) is 2. The van der Waals surface area contributed by atoms with Crippen molar-refractivity contribution in [2.24, 2.45) is 0 Å². The molecule has 0 unspecified atom stereocenters. The van der Waals surface area contributed by atoms with Crippen molar-refractivity contribution >= 4 is 0 Å². The molecule has 0 atom stereocenters. The molecule has 2 aliphatic rings. The average molecular weight is 279 g/mol. The molecule has 2 aromatic rings. The van der Waals surface area contributed by atoms with Crippen LogP contribution in [0.3, 0.4) is 0 Å². The van der Waals surface area contributed by atoms with E-state index in [2.05, 4.69) is 42.3 Å². The minimum absolute atomic E-state index is 0.0927. The van der Waals surface area contributed by atoms with E-state index in [1.165, 1.54) is 16.7 Å². The molecule has 0 aromatic heterocycles. The highest BCUT2D eigenvalue weighted by Crippen LogP contribution is 2.49. The molecule has 21 heavy (non-hydrogen) atoms. The number of phenols is 1. The highest BCUT2D eigenvalue weighted by molar-refractivity contribution is 5.57. The number of phenolic OH excluding ortho intramolecular Hbond substituents is 1. The Morgan fingerprint density at radius 1 is 0.952 bits per heavy atom. The Morgan fingerprint density at radius 3 is 2.48 bits per heavy atom. The van der Waals surface area contributed by atoms with Gasteiger partial charge in [0.15, 0.2) is 0 Å². The number of hydrogen-bond donors (Lipinski definition) is 1. The van der Waals surface area contributed by atoms with E-state index in [4.69, 9.17) is 0 Å². The Labute approximate surface area is 126 Å². The Balaban J connectivity index is 1.95. The molecule has 0 saturated carbocycles. The molecule has 1 N–H and O–H groups in total. The van der Waals surface area contributed by atoms with Crippen LogP contribution in [-0.4, -0.2) is 30.1 Å². The minimum Gasteiger partial charge on any atom is -0.508 e. The zero-order chi connectivity index (χ0) is 14.4. The lowest BCUT2D eigenvalue weighted by Crippen LogP contribution is -2.44. The zero-order valence-corrected chi connectivity index (χ0v) is 12.5. The smallest absolute Gasteiger partial charge is 0.119 e. The third-order valence-electron chi connectivity index (χ3n) is 5.41. The first-order valence-corrected chi connectivity index (χ1v) is 7.79. The van der Waals surface area contributed by atoms with Crippen LogP contribution in [-0.2, 0) is 11.8 Å². The van der Waals surface area contributed by atoms with E-state index in [9.17, 15) is 5.11 Å². The maximum atomic E-state index is 10.3. The number of benzene rings is 2. The molecule has 2 heteroatoms. The Hall–Kier alpha value is -1.80. The minimum atomic E-state index is 0.0927. The summed E-state index contributed by atoms with van der Waals surface area (Å²) in [5.41, 5.74) is 5.46. The Kier molecular flexibility index (Phi) is 2.83. The van der Waals surface area contributed by atoms with Gasteiger partial charge in [0.2, 0.25) is 0 Å². The lowest BCUT2D eigenvalue weighted by atomic mass is 9.62. The highest BCUT2D eigenvalue weighted by Gasteiger charge is 2.42. The fourth-order valence-corrected chi connectivity index (χ4v) is 4.22. The quantitative estimate of drug-likeness (QED) is 0.800. The summed E-state index contributed by atoms with van der Waals surface area (Å²) < 4.78 is 0. The van der Waals surface area contributed by atoms with Gasteiger partial charge < -0.3 is 10.0 Å². The van der Waals surface area contributed by atoms with E-state index in [0.717, 1.165) is 37.9 Å². The first-order valence-electron chi connectivity index (χ1n) is 7.79. The van der Waals surface area contributed by atoms with Crippen LogP contribution in [0.25, 0.3) is 0 Å². The molecule has 4 rings (SSSR count). The molecule has 1 spiro atoms. The number of rotatable bonds is 0. The molecule has 1 heterocycles. The second-order valence-corrected chi connectivity index (χ2v) is 6.52. The number of nitrogens with zero attached hydrogens (tertiary/aromatic N) is 1. The SMILES string of the molecule is CN1CCC2(CC1)c1ccccc1Cc1c(O)cccc12. The van der Waals surface area contributed by atoms with Crippen molar-refractivity contribution in [3.8, 4) is 5.75 Å². The molecule has 1 aliphatic carbocycles. The molecule has 0 bridgehead atoms. The van der Waals surface area contributed by atoms with Gasteiger partial charge in [-0.3, -0.25) is 0 Å². The van der Waals surface area contributed by atoms with Gasteiger partial charge in [-0.15, -0.1) is 0 Å². The van der Waals surface area contributed by atoms with Crippen LogP contribution < -0.4 is 0 Å². The third-order valence-corrected chi connectivity index (χ3v) is 5.41. The Bertz CT molecular complexity index is 684. The van der Waals surface area contributed by atoms with Crippen LogP contribution in [0.1, 0.15) is 35.1 Å². The normalized spacial score (nSPS) is 20.0. The van der Waals surface area contributed by atoms with Crippen LogP contribution >= 0.6 is 0 Å². The van der Waals surface area contributed by atoms with Crippen LogP contribution in [0.4, 0.5) is 0 Å². The van der Waals surface area contributed by atoms with Gasteiger partial charge in [-0.25, -0.2) is 0 Å². The summed E-state index contributed by atoms with van der Waals surface area (Å²) >= 11 is 0. The van der Waals surface area contributed by atoms with Crippen molar-refractivity contribution in [1.82, 2.24) is 4.90 Å². The van der Waals surface area contributed by atoms with Gasteiger partial charge in [0, 0.05) is 17.4 Å². The van der Waals surface area contributed by atoms with E-state index in [0.29, 0.717) is 5.75 Å². The fourth-order valence-electron chi connectivity index (χ4n) is 4.22. The molecule has 1 saturated heterocycles. The number of fused-ring (bicyclic) bond motifs is 4. The summed E-state index contributed by atoms with van der Waals surface area (Å²) in [5, 5.41) is 10.3. The summed E-state index contributed by atoms with van der Waals surface area (Å²) in [6, 6.07) is 14.9. The molecule has 0 radical (unpaired) electrons. The van der Waals surface area contributed by atoms with E-state index in [-0.39, 0.29) is 5.41 Å². The molecular formula is C19H21NO. The lowest BCUT2D eigenvalue weighted by Gasteiger charge is -2.46. The van der Waals surface area contributed by atoms with Gasteiger partial charge in [0.25, 0.3) is 0 Å². The van der Waals surface area contributed by atoms with Gasteiger partial charge in [-0.1, -0.05) is 36.4 Å². The second-order valence-electron chi connectivity index (χ2n) is 6.52. The van der Waals surface area contributed by atoms with E-state index in [1.807, 2.05) is 12.1 Å². The monoisotopic (exact) mass is 279 g/mol. The van der Waals surface area contributed by atoms with Gasteiger partial charge in [-0.2, -0.15) is 0 Å². The highest BCUT2D eigenvalue weighted by atomic mass is 16.3. The van der Waals surface area contributed by atoms with Crippen molar-refractivity contribution in [2.75, 3.05) is 20.1 Å². The molecule has 2 aromatic carbocycles. The summed E-state index contributed by atoms with van der Waals surface area (Å²) in [6.07, 6.45) is 3.13. The van der Waals surface area contributed by atoms with Crippen LogP contribution in [0.15, 0.2) is 42.5 Å². The van der Waals surface area contributed by atoms with Gasteiger partial charge in [0.05, 0.1) is 0 Å². The number of likely N-dealkylation sites (tertiary alicyclic amines) is 1. The second kappa shape index (κ2) is 4.60. The van der Waals surface area contributed by atoms with Crippen molar-refractivity contribution in [2.45, 2.75) is 24.7 Å². The maximum Gasteiger partial charge on any atom is 0.119 e. The summed E-state index contributed by atoms with van der Waals surface area (Å²) in [4.78, 5) is 2.41. The van der Waals surface area contributed by atoms with Gasteiger partial charge >= 0.3 is 0 Å². The standard InChI is InChI=1S/C19H21NO/c1-20-11-9-19(10-12-20)16-6-3-2-5-14(16)13-15-17(19)7-4-8-18(15)21/h2-8,21H,9-13H2,1H3. The average Bonchev–Trinajstić information content (AvgIpc) is 2.51. The van der Waals surface area contributed by atoms with Crippen molar-refractivity contribution < 1.29 is 5.11 Å². The summed E-state index contributed by atoms with van der Waals surface area (Å²) in [6.45, 7) is 2.23. The van der Waals surface area contributed by atoms with Gasteiger partial charge in [0.1, 0.15) is 5.75 Å². The summed E-state index contributed by atoms with van der Waals surface area (Å²) in [5.74, 6) is 0.459. The largest absolute Gasteiger partial charge is 0.508 e. The van der Waals surface area contributed by atoms with E-state index < -0.39 is 0 Å². The fraction of sp³-hybridized carbons (Fsp3) is 0.368. The predicted molar refractivity (Wildman–Crippen MR) is 84.9 cm³/mol. The molecule has 2 nitrogen and oxygen atoms in total. The maximum absolute atomic E-state index is 10.3. The predicted octanol–water partition coefficient (Wildman–Crippen LogP) is 3.31. The number of aromatic hydroxyl groups is 1. The van der Waals surface area contributed by atoms with Crippen LogP contribution in [0, 0.1) is 0 Å². The molecule has 1 aliphatic heterocycles. The first-order chi connectivity index (χ1) is 10.2. The Morgan fingerprint density at radius 2 is 1.67 bits per heavy atom. The first kappa shape index (κ1) is 12.9. The lowest BCUT2D eigenvalue weighted by molar-refractivity contribution is 0.209. The molecule has 1 fully saturated rings. The van der Waals surface area contributed by atoms with Crippen LogP contribution in [0.2, 0.25) is 0 Å². The third kappa shape index (κ3) is 1.82. The van der Waals surface area contributed by atoms with Crippen molar-refractivity contribution in [1.29, 1.82) is 0 Å². The molecular weight excluding hydrogens is 258 g/mol. The molecule has 108 valence electrons. The van der Waals surface area contributed by atoms with Crippen molar-refractivity contribution in [3.05, 3.63) is 64.7 Å². The van der Waals surface area contributed by atoms with E-state index in [1.54, 1.807) is 0 Å². The number of piperidine rings is 1. The summed E-state index contributed by atoms with van der Waals surface area (Å²) in [7, 11) is 2.20. The molecule has 0 amide bonds. The topological polar surface area (TPSA) is 23.5 Å². The van der Waals surface area contributed by atoms with Crippen molar-refractivity contribution in [3.63, 3.8) is 0 Å². The zero-order valence-electron chi connectivity index (χ0n) is 12.5. The van der Waals surface area contributed by atoms with E-state index >= 15 is 0 Å². The van der Waals surface area contributed by atoms with Crippen LogP contribution in [0.5, 0.6) is 5.75 Å². The van der Waals surface area contributed by atoms with Gasteiger partial charge in [-0.05, 0) is 55.7 Å².